The molecule has 1 saturated heterocycles. The first-order valence-electron chi connectivity index (χ1n) is 8.11. The van der Waals surface area contributed by atoms with Crippen molar-refractivity contribution >= 4 is 17.5 Å². The number of nitro groups is 1. The van der Waals surface area contributed by atoms with Crippen molar-refractivity contribution in [2.24, 2.45) is 5.92 Å². The van der Waals surface area contributed by atoms with Crippen LogP contribution in [0.2, 0.25) is 0 Å². The van der Waals surface area contributed by atoms with Crippen LogP contribution in [0.15, 0.2) is 48.8 Å². The van der Waals surface area contributed by atoms with Crippen LogP contribution >= 0.6 is 0 Å². The van der Waals surface area contributed by atoms with Gasteiger partial charge in [0.25, 0.3) is 5.69 Å². The number of para-hydroxylation sites is 1. The van der Waals surface area contributed by atoms with E-state index in [0.29, 0.717) is 0 Å². The first kappa shape index (κ1) is 20.2. The number of pyridine rings is 1. The van der Waals surface area contributed by atoms with E-state index in [9.17, 15) is 38.0 Å². The van der Waals surface area contributed by atoms with E-state index >= 15 is 0 Å². The summed E-state index contributed by atoms with van der Waals surface area (Å²) in [6, 6.07) is 3.89. The average molecular weight is 410 g/mol. The second-order valence-electron chi connectivity index (χ2n) is 6.24. The van der Waals surface area contributed by atoms with E-state index in [1.54, 1.807) is 0 Å². The summed E-state index contributed by atoms with van der Waals surface area (Å²) in [5.41, 5.74) is -5.23. The molecule has 2 aromatic rings. The van der Waals surface area contributed by atoms with Crippen molar-refractivity contribution in [3.05, 3.63) is 70.0 Å². The molecule has 1 aliphatic heterocycles. The minimum Gasteiger partial charge on any atom is -0.363 e. The number of nitro benzene ring substituents is 1. The predicted octanol–water partition coefficient (Wildman–Crippen LogP) is 2.09. The number of ketones is 1. The molecular formula is C17H13F3N4O5. The molecular weight excluding hydrogens is 397 g/mol. The Hall–Kier alpha value is -3.54. The highest BCUT2D eigenvalue weighted by atomic mass is 19.4. The number of alkyl halides is 3. The molecule has 152 valence electrons. The Morgan fingerprint density at radius 1 is 1.24 bits per heavy atom. The molecule has 29 heavy (non-hydrogen) atoms. The standard InChI is InChI=1S/C17H13F3N4O5/c18-17(19,20)16(27)12(14(25)9-4-3-7-21-8-9)13(22-15(26)23-16)10-5-1-2-6-11(10)24(28)29/h1-8,12-13,27H,(H2,22,23,26)/t12-,13-,16-/m1/s1. The van der Waals surface area contributed by atoms with Crippen molar-refractivity contribution in [1.82, 2.24) is 15.6 Å². The number of nitrogens with one attached hydrogen (secondary N) is 2. The smallest absolute Gasteiger partial charge is 0.363 e. The number of aliphatic hydroxyl groups is 1. The van der Waals surface area contributed by atoms with Crippen LogP contribution in [0.25, 0.3) is 0 Å². The molecule has 0 aliphatic carbocycles. The second-order valence-corrected chi connectivity index (χ2v) is 6.24. The molecule has 1 fully saturated rings. The Kier molecular flexibility index (Phi) is 4.96. The molecule has 12 heteroatoms. The normalized spacial score (nSPS) is 24.3. The van der Waals surface area contributed by atoms with Gasteiger partial charge in [0.15, 0.2) is 5.78 Å². The summed E-state index contributed by atoms with van der Waals surface area (Å²) in [6.07, 6.45) is -3.19. The molecule has 1 aliphatic rings. The van der Waals surface area contributed by atoms with Crippen LogP contribution in [0.1, 0.15) is 22.0 Å². The average Bonchev–Trinajstić information content (AvgIpc) is 2.66. The number of benzene rings is 1. The number of carbonyl (C=O) groups is 2. The molecule has 2 amide bonds. The Bertz CT molecular complexity index is 969. The monoisotopic (exact) mass is 410 g/mol. The topological polar surface area (TPSA) is 134 Å². The van der Waals surface area contributed by atoms with Gasteiger partial charge in [-0.2, -0.15) is 13.2 Å². The summed E-state index contributed by atoms with van der Waals surface area (Å²) >= 11 is 0. The number of hydrogen-bond donors (Lipinski definition) is 3. The minimum absolute atomic E-state index is 0.276. The van der Waals surface area contributed by atoms with E-state index in [4.69, 9.17) is 0 Å². The van der Waals surface area contributed by atoms with Crippen molar-refractivity contribution in [2.45, 2.75) is 17.9 Å². The fourth-order valence-electron chi connectivity index (χ4n) is 3.20. The zero-order valence-corrected chi connectivity index (χ0v) is 14.4. The van der Waals surface area contributed by atoms with Gasteiger partial charge < -0.3 is 15.7 Å². The maximum Gasteiger partial charge on any atom is 0.437 e. The van der Waals surface area contributed by atoms with E-state index in [-0.39, 0.29) is 11.1 Å². The number of amides is 2. The molecule has 3 rings (SSSR count). The summed E-state index contributed by atoms with van der Waals surface area (Å²) in [6.45, 7) is 0. The zero-order valence-electron chi connectivity index (χ0n) is 14.4. The Balaban J connectivity index is 2.23. The third-order valence-corrected chi connectivity index (χ3v) is 4.50. The largest absolute Gasteiger partial charge is 0.437 e. The lowest BCUT2D eigenvalue weighted by molar-refractivity contribution is -0.386. The summed E-state index contributed by atoms with van der Waals surface area (Å²) in [5.74, 6) is -3.58. The number of aromatic nitrogens is 1. The maximum absolute atomic E-state index is 13.8. The number of rotatable bonds is 4. The Labute approximate surface area is 160 Å². The lowest BCUT2D eigenvalue weighted by atomic mass is 9.77. The van der Waals surface area contributed by atoms with Crippen LogP contribution in [0.3, 0.4) is 0 Å². The second kappa shape index (κ2) is 7.13. The van der Waals surface area contributed by atoms with Gasteiger partial charge in [-0.15, -0.1) is 0 Å². The highest BCUT2D eigenvalue weighted by Gasteiger charge is 2.66. The molecule has 0 spiro atoms. The Morgan fingerprint density at radius 3 is 2.52 bits per heavy atom. The fourth-order valence-corrected chi connectivity index (χ4v) is 3.20. The van der Waals surface area contributed by atoms with Crippen molar-refractivity contribution in [3.8, 4) is 0 Å². The van der Waals surface area contributed by atoms with Crippen molar-refractivity contribution in [3.63, 3.8) is 0 Å². The van der Waals surface area contributed by atoms with Crippen LogP contribution in [-0.2, 0) is 0 Å². The van der Waals surface area contributed by atoms with E-state index in [2.05, 4.69) is 10.3 Å². The van der Waals surface area contributed by atoms with E-state index in [0.717, 1.165) is 18.3 Å². The highest BCUT2D eigenvalue weighted by Crippen LogP contribution is 2.45. The van der Waals surface area contributed by atoms with Gasteiger partial charge in [-0.3, -0.25) is 19.9 Å². The molecule has 0 unspecified atom stereocenters. The van der Waals surface area contributed by atoms with E-state index in [1.165, 1.54) is 35.8 Å². The van der Waals surface area contributed by atoms with Gasteiger partial charge in [0.1, 0.15) is 5.92 Å². The van der Waals surface area contributed by atoms with Crippen LogP contribution in [0, 0.1) is 16.0 Å². The number of halogens is 3. The summed E-state index contributed by atoms with van der Waals surface area (Å²) in [7, 11) is 0. The molecule has 0 bridgehead atoms. The van der Waals surface area contributed by atoms with Gasteiger partial charge in [-0.25, -0.2) is 4.79 Å². The van der Waals surface area contributed by atoms with Gasteiger partial charge in [0.2, 0.25) is 5.72 Å². The van der Waals surface area contributed by atoms with Gasteiger partial charge in [0.05, 0.1) is 16.5 Å². The maximum atomic E-state index is 13.8. The first-order valence-corrected chi connectivity index (χ1v) is 8.11. The van der Waals surface area contributed by atoms with Crippen molar-refractivity contribution in [2.75, 3.05) is 0 Å². The van der Waals surface area contributed by atoms with Crippen LogP contribution in [-0.4, -0.2) is 38.7 Å². The summed E-state index contributed by atoms with van der Waals surface area (Å²) < 4.78 is 41.3. The fraction of sp³-hybridized carbons (Fsp3) is 0.235. The van der Waals surface area contributed by atoms with Gasteiger partial charge in [-0.1, -0.05) is 18.2 Å². The lowest BCUT2D eigenvalue weighted by Gasteiger charge is -2.44. The van der Waals surface area contributed by atoms with Gasteiger partial charge in [-0.05, 0) is 12.1 Å². The minimum atomic E-state index is -5.46. The number of urea groups is 1. The lowest BCUT2D eigenvalue weighted by Crippen LogP contribution is -2.72. The molecule has 9 nitrogen and oxygen atoms in total. The number of nitrogens with zero attached hydrogens (tertiary/aromatic N) is 2. The van der Waals surface area contributed by atoms with Gasteiger partial charge >= 0.3 is 12.2 Å². The van der Waals surface area contributed by atoms with Crippen molar-refractivity contribution in [1.29, 1.82) is 0 Å². The van der Waals surface area contributed by atoms with Crippen molar-refractivity contribution < 1.29 is 32.8 Å². The van der Waals surface area contributed by atoms with E-state index < -0.39 is 46.3 Å². The molecule has 2 heterocycles. The number of carbonyl (C=O) groups excluding carboxylic acids is 2. The molecule has 3 atom stereocenters. The number of Topliss-reactive ketones (excluding diaryl/α,β-unsaturated/α-hetero) is 1. The molecule has 3 N–H and O–H groups in total. The number of hydrogen-bond acceptors (Lipinski definition) is 6. The quantitative estimate of drug-likeness (QED) is 0.401. The molecule has 0 saturated carbocycles. The predicted molar refractivity (Wildman–Crippen MR) is 90.6 cm³/mol. The summed E-state index contributed by atoms with van der Waals surface area (Å²) in [5, 5.41) is 25.2. The third kappa shape index (κ3) is 3.49. The van der Waals surface area contributed by atoms with Crippen LogP contribution in [0.4, 0.5) is 23.7 Å². The molecule has 1 aromatic heterocycles. The van der Waals surface area contributed by atoms with Crippen LogP contribution < -0.4 is 10.6 Å². The van der Waals surface area contributed by atoms with Gasteiger partial charge in [0, 0.05) is 24.0 Å². The summed E-state index contributed by atoms with van der Waals surface area (Å²) in [4.78, 5) is 39.0. The third-order valence-electron chi connectivity index (χ3n) is 4.50. The molecule has 1 aromatic carbocycles. The molecule has 0 radical (unpaired) electrons. The SMILES string of the molecule is O=C1N[C@H](c2ccccc2[N+](=O)[O-])[C@H](C(=O)c2cccnc2)[C@@](O)(C(F)(F)F)N1. The highest BCUT2D eigenvalue weighted by molar-refractivity contribution is 6.00. The van der Waals surface area contributed by atoms with E-state index in [1.807, 2.05) is 0 Å². The van der Waals surface area contributed by atoms with Crippen LogP contribution in [0.5, 0.6) is 0 Å². The Morgan fingerprint density at radius 2 is 1.93 bits per heavy atom. The first-order chi connectivity index (χ1) is 13.6. The zero-order chi connectivity index (χ0) is 21.4.